The van der Waals surface area contributed by atoms with Crippen LogP contribution in [0, 0.1) is 0 Å². The van der Waals surface area contributed by atoms with Gasteiger partial charge in [0.2, 0.25) is 0 Å². The molecule has 0 bridgehead atoms. The first-order chi connectivity index (χ1) is 6.24. The number of ether oxygens (including phenoxy) is 1. The van der Waals surface area contributed by atoms with Gasteiger partial charge in [-0.05, 0) is 13.3 Å². The first-order valence-electron chi connectivity index (χ1n) is 5.00. The van der Waals surface area contributed by atoms with Crippen molar-refractivity contribution >= 4 is 0 Å². The Balaban J connectivity index is 2.34. The van der Waals surface area contributed by atoms with Crippen LogP contribution in [0.25, 0.3) is 0 Å². The van der Waals surface area contributed by atoms with Crippen LogP contribution in [0.15, 0.2) is 0 Å². The molecule has 1 fully saturated rings. The molecule has 0 radical (unpaired) electrons. The maximum absolute atomic E-state index is 9.20. The summed E-state index contributed by atoms with van der Waals surface area (Å²) in [5.41, 5.74) is 0. The summed E-state index contributed by atoms with van der Waals surface area (Å²) in [6.45, 7) is 6.40. The summed E-state index contributed by atoms with van der Waals surface area (Å²) in [6, 6.07) is 0.243. The smallest absolute Gasteiger partial charge is 0.102 e. The second-order valence-electron chi connectivity index (χ2n) is 3.47. The Hall–Kier alpha value is -0.160. The van der Waals surface area contributed by atoms with Crippen LogP contribution in [0.3, 0.4) is 0 Å². The third-order valence-corrected chi connectivity index (χ3v) is 2.30. The summed E-state index contributed by atoms with van der Waals surface area (Å²) in [4.78, 5) is 0. The van der Waals surface area contributed by atoms with Crippen LogP contribution in [-0.2, 0) is 4.74 Å². The summed E-state index contributed by atoms with van der Waals surface area (Å²) >= 11 is 0. The molecular weight excluding hydrogens is 168 g/mol. The molecule has 0 spiro atoms. The van der Waals surface area contributed by atoms with Crippen LogP contribution in [0.2, 0.25) is 0 Å². The van der Waals surface area contributed by atoms with E-state index in [9.17, 15) is 5.11 Å². The minimum Gasteiger partial charge on any atom is -0.379 e. The Labute approximate surface area is 79.7 Å². The van der Waals surface area contributed by atoms with Crippen molar-refractivity contribution in [1.82, 2.24) is 10.6 Å². The standard InChI is InChI=1S/C9H20N2O2/c1-3-8(11-7(2)12)9-6-10-4-5-13-9/h7-12H,3-6H2,1-2H3. The van der Waals surface area contributed by atoms with E-state index >= 15 is 0 Å². The molecule has 0 aliphatic carbocycles. The molecule has 78 valence electrons. The first kappa shape index (κ1) is 10.9. The molecule has 3 N–H and O–H groups in total. The maximum Gasteiger partial charge on any atom is 0.102 e. The van der Waals surface area contributed by atoms with E-state index < -0.39 is 6.23 Å². The molecule has 1 aliphatic heterocycles. The van der Waals surface area contributed by atoms with Gasteiger partial charge in [-0.1, -0.05) is 6.92 Å². The second-order valence-corrected chi connectivity index (χ2v) is 3.47. The van der Waals surface area contributed by atoms with Crippen LogP contribution in [0.1, 0.15) is 20.3 Å². The Morgan fingerprint density at radius 2 is 2.46 bits per heavy atom. The number of hydrogen-bond donors (Lipinski definition) is 3. The summed E-state index contributed by atoms with van der Waals surface area (Å²) in [5.74, 6) is 0. The van der Waals surface area contributed by atoms with E-state index in [1.165, 1.54) is 0 Å². The van der Waals surface area contributed by atoms with E-state index in [1.807, 2.05) is 0 Å². The van der Waals surface area contributed by atoms with E-state index in [-0.39, 0.29) is 12.1 Å². The Kier molecular flexibility index (Phi) is 4.66. The van der Waals surface area contributed by atoms with Crippen LogP contribution >= 0.6 is 0 Å². The topological polar surface area (TPSA) is 53.5 Å². The molecule has 0 saturated carbocycles. The van der Waals surface area contributed by atoms with Gasteiger partial charge in [0.1, 0.15) is 6.23 Å². The number of hydrogen-bond acceptors (Lipinski definition) is 4. The van der Waals surface area contributed by atoms with E-state index in [0.717, 1.165) is 26.1 Å². The van der Waals surface area contributed by atoms with Crippen molar-refractivity contribution in [2.24, 2.45) is 0 Å². The molecular formula is C9H20N2O2. The molecule has 1 saturated heterocycles. The third-order valence-electron chi connectivity index (χ3n) is 2.30. The summed E-state index contributed by atoms with van der Waals surface area (Å²) in [6.07, 6.45) is 0.695. The molecule has 3 unspecified atom stereocenters. The normalized spacial score (nSPS) is 28.4. The zero-order valence-electron chi connectivity index (χ0n) is 8.42. The number of aliphatic hydroxyl groups excluding tert-OH is 1. The van der Waals surface area contributed by atoms with E-state index in [1.54, 1.807) is 6.92 Å². The molecule has 4 nitrogen and oxygen atoms in total. The highest BCUT2D eigenvalue weighted by atomic mass is 16.5. The molecule has 3 atom stereocenters. The fraction of sp³-hybridized carbons (Fsp3) is 1.00. The average Bonchev–Trinajstić information content (AvgIpc) is 2.15. The van der Waals surface area contributed by atoms with Gasteiger partial charge in [-0.15, -0.1) is 0 Å². The zero-order chi connectivity index (χ0) is 9.68. The van der Waals surface area contributed by atoms with Gasteiger partial charge in [-0.3, -0.25) is 5.32 Å². The fourth-order valence-electron chi connectivity index (χ4n) is 1.64. The quantitative estimate of drug-likeness (QED) is 0.529. The third kappa shape index (κ3) is 3.60. The first-order valence-corrected chi connectivity index (χ1v) is 5.00. The van der Waals surface area contributed by atoms with Gasteiger partial charge in [0.25, 0.3) is 0 Å². The van der Waals surface area contributed by atoms with Gasteiger partial charge >= 0.3 is 0 Å². The molecule has 1 rings (SSSR count). The highest BCUT2D eigenvalue weighted by molar-refractivity contribution is 4.80. The summed E-state index contributed by atoms with van der Waals surface area (Å²) < 4.78 is 5.60. The minimum atomic E-state index is -0.463. The van der Waals surface area contributed by atoms with Crippen LogP contribution in [0.5, 0.6) is 0 Å². The number of aliphatic hydroxyl groups is 1. The van der Waals surface area contributed by atoms with Crippen molar-refractivity contribution in [3.63, 3.8) is 0 Å². The highest BCUT2D eigenvalue weighted by Crippen LogP contribution is 2.06. The van der Waals surface area contributed by atoms with E-state index in [2.05, 4.69) is 17.6 Å². The van der Waals surface area contributed by atoms with E-state index in [4.69, 9.17) is 4.74 Å². The largest absolute Gasteiger partial charge is 0.379 e. The number of nitrogens with one attached hydrogen (secondary N) is 2. The van der Waals surface area contributed by atoms with Crippen LogP contribution in [-0.4, -0.2) is 43.2 Å². The van der Waals surface area contributed by atoms with Crippen molar-refractivity contribution < 1.29 is 9.84 Å². The van der Waals surface area contributed by atoms with Gasteiger partial charge < -0.3 is 15.2 Å². The van der Waals surface area contributed by atoms with Crippen molar-refractivity contribution in [3.8, 4) is 0 Å². The maximum atomic E-state index is 9.20. The number of rotatable bonds is 4. The van der Waals surface area contributed by atoms with Gasteiger partial charge in [0.05, 0.1) is 12.7 Å². The minimum absolute atomic E-state index is 0.188. The molecule has 0 aromatic carbocycles. The predicted octanol–water partition coefficient (Wildman–Crippen LogP) is -0.319. The summed E-state index contributed by atoms with van der Waals surface area (Å²) in [5, 5.41) is 15.6. The molecule has 1 aliphatic rings. The van der Waals surface area contributed by atoms with Gasteiger partial charge in [-0.25, -0.2) is 0 Å². The lowest BCUT2D eigenvalue weighted by Gasteiger charge is -2.31. The highest BCUT2D eigenvalue weighted by Gasteiger charge is 2.23. The Morgan fingerprint density at radius 1 is 1.69 bits per heavy atom. The average molecular weight is 188 g/mol. The lowest BCUT2D eigenvalue weighted by molar-refractivity contribution is -0.0105. The molecule has 13 heavy (non-hydrogen) atoms. The van der Waals surface area contributed by atoms with Gasteiger partial charge in [0.15, 0.2) is 0 Å². The van der Waals surface area contributed by atoms with Crippen molar-refractivity contribution in [3.05, 3.63) is 0 Å². The van der Waals surface area contributed by atoms with Gasteiger partial charge in [-0.2, -0.15) is 0 Å². The van der Waals surface area contributed by atoms with Crippen molar-refractivity contribution in [2.45, 2.75) is 38.6 Å². The fourth-order valence-corrected chi connectivity index (χ4v) is 1.64. The predicted molar refractivity (Wildman–Crippen MR) is 51.5 cm³/mol. The Morgan fingerprint density at radius 3 is 2.92 bits per heavy atom. The Bertz CT molecular complexity index is 136. The zero-order valence-corrected chi connectivity index (χ0v) is 8.42. The second kappa shape index (κ2) is 5.54. The SMILES string of the molecule is CCC(NC(C)O)C1CNCCO1. The van der Waals surface area contributed by atoms with Crippen LogP contribution in [0.4, 0.5) is 0 Å². The lowest BCUT2D eigenvalue weighted by Crippen LogP contribution is -2.52. The monoisotopic (exact) mass is 188 g/mol. The molecule has 0 amide bonds. The molecule has 0 aromatic heterocycles. The van der Waals surface area contributed by atoms with E-state index in [0.29, 0.717) is 0 Å². The summed E-state index contributed by atoms with van der Waals surface area (Å²) in [7, 11) is 0. The van der Waals surface area contributed by atoms with Gasteiger partial charge in [0, 0.05) is 19.1 Å². The molecule has 0 aromatic rings. The lowest BCUT2D eigenvalue weighted by atomic mass is 10.1. The van der Waals surface area contributed by atoms with Crippen molar-refractivity contribution in [2.75, 3.05) is 19.7 Å². The molecule has 1 heterocycles. The van der Waals surface area contributed by atoms with Crippen molar-refractivity contribution in [1.29, 1.82) is 0 Å². The van der Waals surface area contributed by atoms with Crippen LogP contribution < -0.4 is 10.6 Å². The number of morpholine rings is 1. The molecule has 4 heteroatoms.